The first-order valence-electron chi connectivity index (χ1n) is 6.12. The Morgan fingerprint density at radius 1 is 1.47 bits per heavy atom. The molecule has 1 aromatic heterocycles. The van der Waals surface area contributed by atoms with Crippen LogP contribution in [0.4, 0.5) is 0 Å². The van der Waals surface area contributed by atoms with Crippen LogP contribution in [-0.2, 0) is 0 Å². The fourth-order valence-corrected chi connectivity index (χ4v) is 2.05. The van der Waals surface area contributed by atoms with E-state index >= 15 is 0 Å². The van der Waals surface area contributed by atoms with Crippen molar-refractivity contribution in [3.05, 3.63) is 41.0 Å². The zero-order valence-electron chi connectivity index (χ0n) is 10.6. The van der Waals surface area contributed by atoms with Crippen LogP contribution >= 0.6 is 11.6 Å². The molecule has 1 amide bonds. The number of rotatable bonds is 4. The van der Waals surface area contributed by atoms with E-state index in [-0.39, 0.29) is 24.2 Å². The first-order chi connectivity index (χ1) is 9.15. The minimum Gasteiger partial charge on any atom is -0.394 e. The first kappa shape index (κ1) is 13.8. The van der Waals surface area contributed by atoms with Crippen molar-refractivity contribution in [2.75, 3.05) is 6.61 Å². The number of nitrogens with one attached hydrogen (secondary N) is 1. The van der Waals surface area contributed by atoms with Crippen molar-refractivity contribution in [2.45, 2.75) is 19.4 Å². The second-order valence-corrected chi connectivity index (χ2v) is 4.67. The van der Waals surface area contributed by atoms with Crippen molar-refractivity contribution in [1.29, 1.82) is 0 Å². The Hall–Kier alpha value is -1.65. The van der Waals surface area contributed by atoms with Crippen LogP contribution < -0.4 is 5.32 Å². The molecule has 0 spiro atoms. The number of hydrogen-bond donors (Lipinski definition) is 2. The van der Waals surface area contributed by atoms with Gasteiger partial charge in [0, 0.05) is 5.39 Å². The van der Waals surface area contributed by atoms with Crippen LogP contribution in [0.5, 0.6) is 0 Å². The molecule has 1 heterocycles. The topological polar surface area (TPSA) is 62.2 Å². The molecule has 2 rings (SSSR count). The lowest BCUT2D eigenvalue weighted by atomic mass is 10.2. The number of carbonyl (C=O) groups excluding carboxylic acids is 1. The van der Waals surface area contributed by atoms with Gasteiger partial charge in [0.25, 0.3) is 5.91 Å². The molecule has 0 unspecified atom stereocenters. The van der Waals surface area contributed by atoms with Crippen LogP contribution in [0.3, 0.4) is 0 Å². The average molecular weight is 279 g/mol. The molecule has 0 fully saturated rings. The lowest BCUT2D eigenvalue weighted by molar-refractivity contribution is 0.0910. The summed E-state index contributed by atoms with van der Waals surface area (Å²) in [6.45, 7) is 1.80. The molecule has 0 aliphatic rings. The van der Waals surface area contributed by atoms with Gasteiger partial charge in [-0.3, -0.25) is 4.79 Å². The van der Waals surface area contributed by atoms with Crippen LogP contribution in [-0.4, -0.2) is 28.6 Å². The van der Waals surface area contributed by atoms with Gasteiger partial charge in [-0.25, -0.2) is 4.98 Å². The van der Waals surface area contributed by atoms with E-state index in [1.165, 1.54) is 0 Å². The van der Waals surface area contributed by atoms with E-state index in [9.17, 15) is 4.79 Å². The Balaban J connectivity index is 2.32. The minimum atomic E-state index is -0.325. The third kappa shape index (κ3) is 3.03. The maximum absolute atomic E-state index is 12.0. The molecule has 0 aliphatic heterocycles. The van der Waals surface area contributed by atoms with E-state index < -0.39 is 0 Å². The van der Waals surface area contributed by atoms with Crippen molar-refractivity contribution in [2.24, 2.45) is 0 Å². The molecule has 1 aromatic carbocycles. The monoisotopic (exact) mass is 278 g/mol. The van der Waals surface area contributed by atoms with E-state index in [1.807, 2.05) is 25.1 Å². The fourth-order valence-electron chi connectivity index (χ4n) is 1.79. The van der Waals surface area contributed by atoms with Crippen molar-refractivity contribution >= 4 is 28.4 Å². The summed E-state index contributed by atoms with van der Waals surface area (Å²) in [4.78, 5) is 16.3. The number of hydrogen-bond acceptors (Lipinski definition) is 3. The Bertz CT molecular complexity index is 597. The maximum atomic E-state index is 12.0. The fraction of sp³-hybridized carbons (Fsp3) is 0.286. The highest BCUT2D eigenvalue weighted by Crippen LogP contribution is 2.22. The molecule has 100 valence electrons. The van der Waals surface area contributed by atoms with Crippen LogP contribution in [0.1, 0.15) is 23.8 Å². The molecule has 2 N–H and O–H groups in total. The van der Waals surface area contributed by atoms with Gasteiger partial charge in [-0.2, -0.15) is 0 Å². The molecule has 0 bridgehead atoms. The highest BCUT2D eigenvalue weighted by atomic mass is 35.5. The summed E-state index contributed by atoms with van der Waals surface area (Å²) in [7, 11) is 0. The maximum Gasteiger partial charge on any atom is 0.270 e. The van der Waals surface area contributed by atoms with Gasteiger partial charge in [0.15, 0.2) is 0 Å². The number of aliphatic hydroxyl groups excluding tert-OH is 1. The number of benzene rings is 1. The van der Waals surface area contributed by atoms with E-state index in [0.29, 0.717) is 17.0 Å². The molecular formula is C14H15ClN2O2. The van der Waals surface area contributed by atoms with Crippen molar-refractivity contribution in [1.82, 2.24) is 10.3 Å². The quantitative estimate of drug-likeness (QED) is 0.903. The Morgan fingerprint density at radius 2 is 2.21 bits per heavy atom. The van der Waals surface area contributed by atoms with Crippen molar-refractivity contribution in [3.8, 4) is 0 Å². The summed E-state index contributed by atoms with van der Waals surface area (Å²) in [5, 5.41) is 13.1. The van der Waals surface area contributed by atoms with Gasteiger partial charge in [-0.05, 0) is 18.6 Å². The first-order valence-corrected chi connectivity index (χ1v) is 6.50. The number of halogens is 1. The lowest BCUT2D eigenvalue weighted by Crippen LogP contribution is -2.37. The number of fused-ring (bicyclic) bond motifs is 1. The lowest BCUT2D eigenvalue weighted by Gasteiger charge is -2.14. The molecule has 0 saturated carbocycles. The number of nitrogens with zero attached hydrogens (tertiary/aromatic N) is 1. The number of pyridine rings is 1. The van der Waals surface area contributed by atoms with Crippen LogP contribution in [0.2, 0.25) is 5.02 Å². The molecule has 0 radical (unpaired) electrons. The summed E-state index contributed by atoms with van der Waals surface area (Å²) in [5.41, 5.74) is 0.938. The molecule has 5 heteroatoms. The number of aromatic nitrogens is 1. The molecule has 0 saturated heterocycles. The zero-order chi connectivity index (χ0) is 13.8. The van der Waals surface area contributed by atoms with Crippen LogP contribution in [0.15, 0.2) is 30.3 Å². The Labute approximate surface area is 116 Å². The summed E-state index contributed by atoms with van der Waals surface area (Å²) < 4.78 is 0. The molecule has 4 nitrogen and oxygen atoms in total. The Kier molecular flexibility index (Phi) is 4.35. The summed E-state index contributed by atoms with van der Waals surface area (Å²) in [6.07, 6.45) is 0.656. The summed E-state index contributed by atoms with van der Waals surface area (Å²) >= 11 is 6.14. The van der Waals surface area contributed by atoms with E-state index in [1.54, 1.807) is 12.1 Å². The summed E-state index contributed by atoms with van der Waals surface area (Å²) in [6, 6.07) is 8.66. The molecule has 19 heavy (non-hydrogen) atoms. The second-order valence-electron chi connectivity index (χ2n) is 4.27. The van der Waals surface area contributed by atoms with E-state index in [2.05, 4.69) is 10.3 Å². The largest absolute Gasteiger partial charge is 0.394 e. The van der Waals surface area contributed by atoms with Crippen molar-refractivity contribution < 1.29 is 9.90 Å². The Morgan fingerprint density at radius 3 is 2.89 bits per heavy atom. The third-order valence-corrected chi connectivity index (χ3v) is 3.26. The van der Waals surface area contributed by atoms with Crippen molar-refractivity contribution in [3.63, 3.8) is 0 Å². The van der Waals surface area contributed by atoms with Gasteiger partial charge in [-0.1, -0.05) is 36.7 Å². The SMILES string of the molecule is CC[C@H](CO)NC(=O)c1cc(Cl)c2ccccc2n1. The van der Waals surface area contributed by atoms with Gasteiger partial charge in [0.2, 0.25) is 0 Å². The minimum absolute atomic E-state index is 0.0937. The summed E-state index contributed by atoms with van der Waals surface area (Å²) in [5.74, 6) is -0.325. The highest BCUT2D eigenvalue weighted by Gasteiger charge is 2.14. The van der Waals surface area contributed by atoms with Gasteiger partial charge >= 0.3 is 0 Å². The second kappa shape index (κ2) is 5.99. The van der Waals surface area contributed by atoms with Gasteiger partial charge in [0.05, 0.1) is 23.2 Å². The normalized spacial score (nSPS) is 12.4. The van der Waals surface area contributed by atoms with Gasteiger partial charge < -0.3 is 10.4 Å². The number of amides is 1. The van der Waals surface area contributed by atoms with Crippen LogP contribution in [0, 0.1) is 0 Å². The molecule has 0 aliphatic carbocycles. The molecule has 2 aromatic rings. The predicted molar refractivity (Wildman–Crippen MR) is 75.4 cm³/mol. The van der Waals surface area contributed by atoms with E-state index in [0.717, 1.165) is 5.39 Å². The smallest absolute Gasteiger partial charge is 0.270 e. The van der Waals surface area contributed by atoms with Crippen LogP contribution in [0.25, 0.3) is 10.9 Å². The average Bonchev–Trinajstić information content (AvgIpc) is 2.44. The number of para-hydroxylation sites is 1. The highest BCUT2D eigenvalue weighted by molar-refractivity contribution is 6.35. The predicted octanol–water partition coefficient (Wildman–Crippen LogP) is 2.39. The third-order valence-electron chi connectivity index (χ3n) is 2.95. The number of aliphatic hydroxyl groups is 1. The standard InChI is InChI=1S/C14H15ClN2O2/c1-2-9(8-18)16-14(19)13-7-11(15)10-5-3-4-6-12(10)17-13/h3-7,9,18H,2,8H2,1H3,(H,16,19)/t9-/m1/s1. The molecule has 1 atom stereocenters. The number of carbonyl (C=O) groups is 1. The van der Waals surface area contributed by atoms with E-state index in [4.69, 9.17) is 16.7 Å². The zero-order valence-corrected chi connectivity index (χ0v) is 11.3. The molecular weight excluding hydrogens is 264 g/mol. The van der Waals surface area contributed by atoms with Gasteiger partial charge in [-0.15, -0.1) is 0 Å². The van der Waals surface area contributed by atoms with Gasteiger partial charge in [0.1, 0.15) is 5.69 Å².